The number of carbonyl (C=O) groups excluding carboxylic acids is 1. The molecule has 0 aromatic carbocycles. The number of ketones is 1. The van der Waals surface area contributed by atoms with E-state index in [-0.39, 0.29) is 5.78 Å². The molecular formula is C18H20O. The standard InChI is InChI=1S/C18H20O/c1-11-9-18-14-4-2-3-12(14)5-7-16(18)15-8-6-13(19)10-17(11)15/h2-3,6,8,10,12,14-16,18H,1,4-5,7,9H2. The minimum Gasteiger partial charge on any atom is -0.290 e. The summed E-state index contributed by atoms with van der Waals surface area (Å²) in [6.45, 7) is 4.26. The zero-order valence-electron chi connectivity index (χ0n) is 11.2. The number of carbonyl (C=O) groups is 1. The Morgan fingerprint density at radius 1 is 1.11 bits per heavy atom. The smallest absolute Gasteiger partial charge is 0.178 e. The van der Waals surface area contributed by atoms with Crippen LogP contribution in [0.15, 0.2) is 48.1 Å². The van der Waals surface area contributed by atoms with Gasteiger partial charge in [0.25, 0.3) is 0 Å². The fourth-order valence-electron chi connectivity index (χ4n) is 4.91. The van der Waals surface area contributed by atoms with Gasteiger partial charge in [0.05, 0.1) is 0 Å². The first-order chi connectivity index (χ1) is 9.24. The Labute approximate surface area is 114 Å². The van der Waals surface area contributed by atoms with Crippen molar-refractivity contribution in [2.75, 3.05) is 0 Å². The van der Waals surface area contributed by atoms with Crippen LogP contribution in [0, 0.1) is 29.6 Å². The second-order valence-corrected chi connectivity index (χ2v) is 6.59. The lowest BCUT2D eigenvalue weighted by molar-refractivity contribution is -0.110. The van der Waals surface area contributed by atoms with E-state index >= 15 is 0 Å². The molecule has 0 radical (unpaired) electrons. The number of fused-ring (bicyclic) bond motifs is 5. The van der Waals surface area contributed by atoms with Gasteiger partial charge in [-0.25, -0.2) is 0 Å². The van der Waals surface area contributed by atoms with Crippen LogP contribution in [0.1, 0.15) is 25.7 Å². The summed E-state index contributed by atoms with van der Waals surface area (Å²) in [4.78, 5) is 11.6. The van der Waals surface area contributed by atoms with Crippen molar-refractivity contribution < 1.29 is 4.79 Å². The van der Waals surface area contributed by atoms with Crippen molar-refractivity contribution in [2.24, 2.45) is 29.6 Å². The topological polar surface area (TPSA) is 17.1 Å². The molecule has 1 nitrogen and oxygen atoms in total. The van der Waals surface area contributed by atoms with Crippen molar-refractivity contribution in [3.63, 3.8) is 0 Å². The molecule has 0 N–H and O–H groups in total. The number of rotatable bonds is 0. The third-order valence-electron chi connectivity index (χ3n) is 5.75. The maximum Gasteiger partial charge on any atom is 0.178 e. The summed E-state index contributed by atoms with van der Waals surface area (Å²) in [6, 6.07) is 0. The van der Waals surface area contributed by atoms with E-state index in [1.54, 1.807) is 6.08 Å². The summed E-state index contributed by atoms with van der Waals surface area (Å²) in [5.74, 6) is 3.77. The summed E-state index contributed by atoms with van der Waals surface area (Å²) >= 11 is 0. The molecule has 2 saturated carbocycles. The molecule has 0 aliphatic heterocycles. The third-order valence-corrected chi connectivity index (χ3v) is 5.75. The van der Waals surface area contributed by atoms with Crippen molar-refractivity contribution in [3.05, 3.63) is 48.1 Å². The maximum atomic E-state index is 11.6. The molecule has 0 heterocycles. The second-order valence-electron chi connectivity index (χ2n) is 6.59. The molecule has 0 bridgehead atoms. The first-order valence-corrected chi connectivity index (χ1v) is 7.52. The van der Waals surface area contributed by atoms with Crippen molar-refractivity contribution >= 4 is 5.78 Å². The van der Waals surface area contributed by atoms with Crippen LogP contribution in [0.5, 0.6) is 0 Å². The van der Waals surface area contributed by atoms with Crippen LogP contribution < -0.4 is 0 Å². The summed E-state index contributed by atoms with van der Waals surface area (Å²) in [6.07, 6.45) is 15.6. The molecule has 0 amide bonds. The summed E-state index contributed by atoms with van der Waals surface area (Å²) in [7, 11) is 0. The van der Waals surface area contributed by atoms with Crippen molar-refractivity contribution in [2.45, 2.75) is 25.7 Å². The van der Waals surface area contributed by atoms with Gasteiger partial charge in [0.15, 0.2) is 5.78 Å². The third kappa shape index (κ3) is 1.64. The highest BCUT2D eigenvalue weighted by molar-refractivity contribution is 6.01. The van der Waals surface area contributed by atoms with E-state index < -0.39 is 0 Å². The average molecular weight is 252 g/mol. The summed E-state index contributed by atoms with van der Waals surface area (Å²) in [5, 5.41) is 0. The highest BCUT2D eigenvalue weighted by atomic mass is 16.1. The van der Waals surface area contributed by atoms with Gasteiger partial charge in [-0.3, -0.25) is 4.79 Å². The first kappa shape index (κ1) is 11.5. The molecule has 19 heavy (non-hydrogen) atoms. The van der Waals surface area contributed by atoms with Crippen LogP contribution in [0.4, 0.5) is 0 Å². The molecular weight excluding hydrogens is 232 g/mol. The fraction of sp³-hybridized carbons (Fsp3) is 0.500. The van der Waals surface area contributed by atoms with E-state index in [0.717, 1.165) is 30.1 Å². The van der Waals surface area contributed by atoms with E-state index in [1.165, 1.54) is 30.4 Å². The Kier molecular flexibility index (Phi) is 2.45. The molecule has 5 unspecified atom stereocenters. The quantitative estimate of drug-likeness (QED) is 0.598. The van der Waals surface area contributed by atoms with Gasteiger partial charge in [-0.05, 0) is 67.1 Å². The molecule has 4 rings (SSSR count). The van der Waals surface area contributed by atoms with E-state index in [9.17, 15) is 4.79 Å². The van der Waals surface area contributed by atoms with Gasteiger partial charge in [-0.1, -0.05) is 30.4 Å². The van der Waals surface area contributed by atoms with E-state index in [1.807, 2.05) is 6.08 Å². The molecule has 4 aliphatic carbocycles. The Balaban J connectivity index is 1.69. The molecule has 2 fully saturated rings. The van der Waals surface area contributed by atoms with Gasteiger partial charge in [0, 0.05) is 5.92 Å². The van der Waals surface area contributed by atoms with Crippen molar-refractivity contribution in [1.29, 1.82) is 0 Å². The lowest BCUT2D eigenvalue weighted by atomic mass is 9.56. The molecule has 5 atom stereocenters. The van der Waals surface area contributed by atoms with Crippen LogP contribution in [-0.2, 0) is 4.79 Å². The molecule has 0 spiro atoms. The van der Waals surface area contributed by atoms with Crippen LogP contribution >= 0.6 is 0 Å². The maximum absolute atomic E-state index is 11.6. The minimum atomic E-state index is 0.141. The SMILES string of the molecule is C=C1CC2C3CC=CC3CCC2C2C=CC(=O)C=C12. The van der Waals surface area contributed by atoms with Gasteiger partial charge in [0.2, 0.25) is 0 Å². The average Bonchev–Trinajstić information content (AvgIpc) is 2.88. The largest absolute Gasteiger partial charge is 0.290 e. The Hall–Kier alpha value is -1.37. The minimum absolute atomic E-state index is 0.141. The molecule has 0 saturated heterocycles. The molecule has 4 aliphatic rings. The highest BCUT2D eigenvalue weighted by Gasteiger charge is 2.46. The first-order valence-electron chi connectivity index (χ1n) is 7.52. The van der Waals surface area contributed by atoms with Gasteiger partial charge in [-0.2, -0.15) is 0 Å². The van der Waals surface area contributed by atoms with Crippen LogP contribution in [-0.4, -0.2) is 5.78 Å². The molecule has 1 heteroatoms. The summed E-state index contributed by atoms with van der Waals surface area (Å²) < 4.78 is 0. The number of hydrogen-bond acceptors (Lipinski definition) is 1. The molecule has 0 aromatic heterocycles. The molecule has 98 valence electrons. The second kappa shape index (κ2) is 4.06. The Bertz CT molecular complexity index is 534. The lowest BCUT2D eigenvalue weighted by Crippen LogP contribution is -2.40. The normalized spacial score (nSPS) is 43.6. The van der Waals surface area contributed by atoms with Crippen LogP contribution in [0.3, 0.4) is 0 Å². The van der Waals surface area contributed by atoms with Crippen LogP contribution in [0.2, 0.25) is 0 Å². The van der Waals surface area contributed by atoms with Crippen molar-refractivity contribution in [1.82, 2.24) is 0 Å². The fourth-order valence-corrected chi connectivity index (χ4v) is 4.91. The summed E-state index contributed by atoms with van der Waals surface area (Å²) in [5.41, 5.74) is 2.45. The van der Waals surface area contributed by atoms with Gasteiger partial charge >= 0.3 is 0 Å². The van der Waals surface area contributed by atoms with Crippen LogP contribution in [0.25, 0.3) is 0 Å². The zero-order chi connectivity index (χ0) is 13.0. The molecule has 0 aromatic rings. The lowest BCUT2D eigenvalue weighted by Gasteiger charge is -2.48. The predicted octanol–water partition coefficient (Wildman–Crippen LogP) is 3.85. The number of hydrogen-bond donors (Lipinski definition) is 0. The van der Waals surface area contributed by atoms with E-state index in [0.29, 0.717) is 5.92 Å². The van der Waals surface area contributed by atoms with E-state index in [2.05, 4.69) is 24.8 Å². The van der Waals surface area contributed by atoms with Gasteiger partial charge in [-0.15, -0.1) is 0 Å². The van der Waals surface area contributed by atoms with Crippen molar-refractivity contribution in [3.8, 4) is 0 Å². The predicted molar refractivity (Wildman–Crippen MR) is 76.4 cm³/mol. The zero-order valence-corrected chi connectivity index (χ0v) is 11.2. The number of allylic oxidation sites excluding steroid dienone is 7. The monoisotopic (exact) mass is 252 g/mol. The van der Waals surface area contributed by atoms with Gasteiger partial charge < -0.3 is 0 Å². The van der Waals surface area contributed by atoms with Gasteiger partial charge in [0.1, 0.15) is 0 Å². The Morgan fingerprint density at radius 3 is 2.89 bits per heavy atom. The highest BCUT2D eigenvalue weighted by Crippen LogP contribution is 2.55. The Morgan fingerprint density at radius 2 is 2.00 bits per heavy atom. The van der Waals surface area contributed by atoms with E-state index in [4.69, 9.17) is 0 Å².